The van der Waals surface area contributed by atoms with Gasteiger partial charge in [0.1, 0.15) is 17.1 Å². The molecule has 0 unspecified atom stereocenters. The third-order valence-electron chi connectivity index (χ3n) is 3.78. The predicted octanol–water partition coefficient (Wildman–Crippen LogP) is 4.71. The Hall–Kier alpha value is -2.35. The molecule has 8 heteroatoms. The molecule has 2 rings (SSSR count). The van der Waals surface area contributed by atoms with Crippen LogP contribution in [-0.2, 0) is 0 Å². The van der Waals surface area contributed by atoms with Gasteiger partial charge in [0.2, 0.25) is 5.13 Å². The molecule has 22 heavy (non-hydrogen) atoms. The van der Waals surface area contributed by atoms with Crippen LogP contribution in [-0.4, -0.2) is 15.0 Å². The second kappa shape index (κ2) is 5.80. The summed E-state index contributed by atoms with van der Waals surface area (Å²) >= 11 is 0.858. The molecule has 1 aromatic heterocycles. The predicted molar refractivity (Wildman–Crippen MR) is 84.7 cm³/mol. The molecule has 0 fully saturated rings. The number of aromatic nitrogens is 1. The van der Waals surface area contributed by atoms with E-state index in [1.165, 1.54) is 0 Å². The van der Waals surface area contributed by atoms with Gasteiger partial charge < -0.3 is 5.11 Å². The van der Waals surface area contributed by atoms with E-state index in [-0.39, 0.29) is 15.9 Å². The first-order chi connectivity index (χ1) is 10.2. The molecule has 0 radical (unpaired) electrons. The van der Waals surface area contributed by atoms with Crippen LogP contribution in [0.25, 0.3) is 0 Å². The van der Waals surface area contributed by atoms with E-state index in [1.807, 2.05) is 27.7 Å². The van der Waals surface area contributed by atoms with Crippen LogP contribution < -0.4 is 0 Å². The monoisotopic (exact) mass is 320 g/mol. The van der Waals surface area contributed by atoms with Crippen molar-refractivity contribution < 1.29 is 10.0 Å². The highest BCUT2D eigenvalue weighted by Gasteiger charge is 2.18. The third kappa shape index (κ3) is 2.69. The number of rotatable bonds is 3. The number of aryl methyl sites for hydroxylation is 1. The lowest BCUT2D eigenvalue weighted by atomic mass is 9.97. The highest BCUT2D eigenvalue weighted by Crippen LogP contribution is 2.40. The van der Waals surface area contributed by atoms with Crippen molar-refractivity contribution in [3.05, 3.63) is 38.1 Å². The molecule has 7 nitrogen and oxygen atoms in total. The van der Waals surface area contributed by atoms with E-state index in [9.17, 15) is 15.2 Å². The van der Waals surface area contributed by atoms with Crippen molar-refractivity contribution in [2.24, 2.45) is 10.2 Å². The molecular weight excluding hydrogens is 304 g/mol. The van der Waals surface area contributed by atoms with Crippen LogP contribution in [0.15, 0.2) is 10.2 Å². The topological polar surface area (TPSA) is 101 Å². The number of nitrogens with zero attached hydrogens (tertiary/aromatic N) is 4. The maximum atomic E-state index is 10.8. The standard InChI is InChI=1S/C14H16N4O3S/c1-6-7(2)9(4)12(19)11(8(6)3)16-17-14-15-10(5)13(22-14)18(20)21/h19H,1-5H3/b17-16+. The van der Waals surface area contributed by atoms with Crippen molar-refractivity contribution in [2.75, 3.05) is 0 Å². The first kappa shape index (κ1) is 16.0. The average Bonchev–Trinajstić information content (AvgIpc) is 2.84. The minimum Gasteiger partial charge on any atom is -0.505 e. The zero-order chi connectivity index (χ0) is 16.6. The van der Waals surface area contributed by atoms with Gasteiger partial charge in [-0.15, -0.1) is 10.2 Å². The fraction of sp³-hybridized carbons (Fsp3) is 0.357. The van der Waals surface area contributed by atoms with Crippen molar-refractivity contribution in [3.63, 3.8) is 0 Å². The molecule has 1 N–H and O–H groups in total. The minimum absolute atomic E-state index is 0.0499. The number of aromatic hydroxyl groups is 1. The average molecular weight is 320 g/mol. The number of phenolic OH excluding ortho intramolecular Hbond substituents is 1. The quantitative estimate of drug-likeness (QED) is 0.502. The van der Waals surface area contributed by atoms with Crippen LogP contribution in [0.4, 0.5) is 15.8 Å². The lowest BCUT2D eigenvalue weighted by Gasteiger charge is -2.13. The molecule has 0 aliphatic carbocycles. The summed E-state index contributed by atoms with van der Waals surface area (Å²) in [5, 5.41) is 29.2. The number of benzene rings is 1. The Balaban J connectivity index is 2.47. The van der Waals surface area contributed by atoms with Crippen LogP contribution in [0.3, 0.4) is 0 Å². The van der Waals surface area contributed by atoms with E-state index in [2.05, 4.69) is 15.2 Å². The second-order valence-electron chi connectivity index (χ2n) is 5.04. The zero-order valence-electron chi connectivity index (χ0n) is 13.0. The Kier molecular flexibility index (Phi) is 4.23. The molecule has 1 aromatic carbocycles. The van der Waals surface area contributed by atoms with Gasteiger partial charge >= 0.3 is 5.00 Å². The smallest absolute Gasteiger partial charge is 0.348 e. The van der Waals surface area contributed by atoms with Gasteiger partial charge in [-0.1, -0.05) is 0 Å². The van der Waals surface area contributed by atoms with E-state index in [0.29, 0.717) is 11.4 Å². The molecule has 0 saturated carbocycles. The molecule has 0 amide bonds. The van der Waals surface area contributed by atoms with Crippen molar-refractivity contribution in [2.45, 2.75) is 34.6 Å². The molecular formula is C14H16N4O3S. The molecule has 0 bridgehead atoms. The molecule has 0 aliphatic heterocycles. The van der Waals surface area contributed by atoms with Gasteiger partial charge in [-0.2, -0.15) is 0 Å². The minimum atomic E-state index is -0.491. The summed E-state index contributed by atoms with van der Waals surface area (Å²) in [6.45, 7) is 9.11. The fourth-order valence-electron chi connectivity index (χ4n) is 2.07. The molecule has 0 atom stereocenters. The number of hydrogen-bond acceptors (Lipinski definition) is 7. The summed E-state index contributed by atoms with van der Waals surface area (Å²) < 4.78 is 0. The Labute approximate surface area is 131 Å². The van der Waals surface area contributed by atoms with Crippen LogP contribution in [0.2, 0.25) is 0 Å². The Bertz CT molecular complexity index is 767. The molecule has 1 heterocycles. The van der Waals surface area contributed by atoms with Crippen molar-refractivity contribution in [1.29, 1.82) is 0 Å². The number of nitro groups is 1. The summed E-state index contributed by atoms with van der Waals surface area (Å²) in [6.07, 6.45) is 0. The Morgan fingerprint density at radius 3 is 2.18 bits per heavy atom. The number of thiazole rings is 1. The zero-order valence-corrected chi connectivity index (χ0v) is 13.8. The van der Waals surface area contributed by atoms with Crippen LogP contribution in [0, 0.1) is 44.7 Å². The van der Waals surface area contributed by atoms with Gasteiger partial charge in [0.25, 0.3) is 0 Å². The van der Waals surface area contributed by atoms with Gasteiger partial charge in [0.05, 0.1) is 4.92 Å². The van der Waals surface area contributed by atoms with Crippen molar-refractivity contribution in [3.8, 4) is 5.75 Å². The van der Waals surface area contributed by atoms with E-state index < -0.39 is 4.92 Å². The fourth-order valence-corrected chi connectivity index (χ4v) is 2.78. The van der Waals surface area contributed by atoms with E-state index >= 15 is 0 Å². The maximum Gasteiger partial charge on any atom is 0.348 e. The number of hydrogen-bond donors (Lipinski definition) is 1. The summed E-state index contributed by atoms with van der Waals surface area (Å²) in [7, 11) is 0. The van der Waals surface area contributed by atoms with Crippen LogP contribution in [0.1, 0.15) is 27.9 Å². The van der Waals surface area contributed by atoms with Crippen molar-refractivity contribution >= 4 is 27.2 Å². The number of azo groups is 1. The van der Waals surface area contributed by atoms with E-state index in [1.54, 1.807) is 6.92 Å². The third-order valence-corrected chi connectivity index (χ3v) is 4.78. The molecule has 0 aliphatic rings. The van der Waals surface area contributed by atoms with Gasteiger partial charge in [-0.25, -0.2) is 4.98 Å². The van der Waals surface area contributed by atoms with Crippen LogP contribution in [0.5, 0.6) is 5.75 Å². The van der Waals surface area contributed by atoms with Gasteiger partial charge in [0, 0.05) is 0 Å². The van der Waals surface area contributed by atoms with Crippen molar-refractivity contribution in [1.82, 2.24) is 4.98 Å². The van der Waals surface area contributed by atoms with Gasteiger partial charge in [-0.05, 0) is 68.2 Å². The largest absolute Gasteiger partial charge is 0.505 e. The SMILES string of the molecule is Cc1nc(/N=N/c2c(C)c(C)c(C)c(C)c2O)sc1[N+](=O)[O-]. The first-order valence-electron chi connectivity index (χ1n) is 6.57. The normalized spacial score (nSPS) is 11.3. The summed E-state index contributed by atoms with van der Waals surface area (Å²) in [4.78, 5) is 14.3. The van der Waals surface area contributed by atoms with Gasteiger partial charge in [0.15, 0.2) is 0 Å². The maximum absolute atomic E-state index is 10.8. The molecule has 116 valence electrons. The second-order valence-corrected chi connectivity index (χ2v) is 6.00. The van der Waals surface area contributed by atoms with E-state index in [4.69, 9.17) is 0 Å². The first-order valence-corrected chi connectivity index (χ1v) is 7.38. The van der Waals surface area contributed by atoms with Crippen LogP contribution >= 0.6 is 11.3 Å². The molecule has 2 aromatic rings. The Morgan fingerprint density at radius 2 is 1.64 bits per heavy atom. The highest BCUT2D eigenvalue weighted by atomic mass is 32.1. The number of phenols is 1. The van der Waals surface area contributed by atoms with Gasteiger partial charge in [-0.3, -0.25) is 10.1 Å². The van der Waals surface area contributed by atoms with E-state index in [0.717, 1.165) is 33.6 Å². The lowest BCUT2D eigenvalue weighted by molar-refractivity contribution is -0.380. The Morgan fingerprint density at radius 1 is 1.05 bits per heavy atom. The summed E-state index contributed by atoms with van der Waals surface area (Å²) in [5.41, 5.74) is 4.29. The molecule has 0 spiro atoms. The summed E-state index contributed by atoms with van der Waals surface area (Å²) in [6, 6.07) is 0. The lowest BCUT2D eigenvalue weighted by Crippen LogP contribution is -1.92. The highest BCUT2D eigenvalue weighted by molar-refractivity contribution is 7.18. The summed E-state index contributed by atoms with van der Waals surface area (Å²) in [5.74, 6) is 0.0760. The molecule has 0 saturated heterocycles.